The van der Waals surface area contributed by atoms with Crippen LogP contribution in [0.15, 0.2) is 36.4 Å². The summed E-state index contributed by atoms with van der Waals surface area (Å²) in [6, 6.07) is 8.61. The zero-order valence-corrected chi connectivity index (χ0v) is 17.3. The largest absolute Gasteiger partial charge is 0.416 e. The highest BCUT2D eigenvalue weighted by molar-refractivity contribution is 5.42. The molecule has 0 N–H and O–H groups in total. The van der Waals surface area contributed by atoms with Crippen molar-refractivity contribution in [1.29, 1.82) is 0 Å². The van der Waals surface area contributed by atoms with Crippen LogP contribution in [0.4, 0.5) is 26.3 Å². The molecule has 2 aromatic rings. The fourth-order valence-electron chi connectivity index (χ4n) is 5.34. The molecule has 0 spiro atoms. The van der Waals surface area contributed by atoms with Crippen LogP contribution in [-0.4, -0.2) is 0 Å². The Labute approximate surface area is 178 Å². The van der Waals surface area contributed by atoms with Crippen LogP contribution >= 0.6 is 0 Å². The van der Waals surface area contributed by atoms with Crippen molar-refractivity contribution >= 4 is 0 Å². The summed E-state index contributed by atoms with van der Waals surface area (Å²) in [4.78, 5) is 0. The molecule has 0 unspecified atom stereocenters. The third kappa shape index (κ3) is 4.93. The van der Waals surface area contributed by atoms with Gasteiger partial charge in [-0.25, -0.2) is 0 Å². The van der Waals surface area contributed by atoms with Gasteiger partial charge in [0.05, 0.1) is 11.1 Å². The normalized spacial score (nSPS) is 18.8. The van der Waals surface area contributed by atoms with E-state index in [0.29, 0.717) is 22.3 Å². The molecule has 0 aliphatic heterocycles. The van der Waals surface area contributed by atoms with E-state index in [9.17, 15) is 26.3 Å². The second kappa shape index (κ2) is 8.51. The average Bonchev–Trinajstić information content (AvgIpc) is 3.41. The van der Waals surface area contributed by atoms with Crippen LogP contribution in [0.3, 0.4) is 0 Å². The molecule has 0 atom stereocenters. The van der Waals surface area contributed by atoms with Gasteiger partial charge in [-0.1, -0.05) is 49.9 Å². The maximum atomic E-state index is 13.7. The van der Waals surface area contributed by atoms with E-state index in [-0.39, 0.29) is 18.3 Å². The molecule has 2 aliphatic carbocycles. The molecule has 2 fully saturated rings. The molecule has 0 bridgehead atoms. The monoisotopic (exact) mass is 440 g/mol. The van der Waals surface area contributed by atoms with Crippen LogP contribution in [0.2, 0.25) is 0 Å². The van der Waals surface area contributed by atoms with E-state index in [2.05, 4.69) is 0 Å². The Hall–Kier alpha value is -1.98. The number of benzene rings is 2. The molecule has 0 saturated heterocycles. The van der Waals surface area contributed by atoms with Crippen molar-refractivity contribution in [2.24, 2.45) is 0 Å². The molecular weight excluding hydrogens is 414 g/mol. The van der Waals surface area contributed by atoms with Crippen molar-refractivity contribution in [3.8, 4) is 0 Å². The molecule has 0 aromatic heterocycles. The summed E-state index contributed by atoms with van der Waals surface area (Å²) in [6.45, 7) is 0. The van der Waals surface area contributed by atoms with Gasteiger partial charge < -0.3 is 0 Å². The zero-order chi connectivity index (χ0) is 22.2. The number of hydrogen-bond acceptors (Lipinski definition) is 0. The van der Waals surface area contributed by atoms with Crippen LogP contribution in [0.1, 0.15) is 96.6 Å². The minimum Gasteiger partial charge on any atom is -0.166 e. The summed E-state index contributed by atoms with van der Waals surface area (Å²) >= 11 is 0. The first kappa shape index (κ1) is 22.2. The second-order valence-electron chi connectivity index (χ2n) is 8.98. The van der Waals surface area contributed by atoms with Crippen molar-refractivity contribution in [2.45, 2.75) is 82.0 Å². The molecule has 0 radical (unpaired) electrons. The maximum absolute atomic E-state index is 13.7. The molecule has 168 valence electrons. The van der Waals surface area contributed by atoms with Gasteiger partial charge in [-0.3, -0.25) is 0 Å². The van der Waals surface area contributed by atoms with Gasteiger partial charge in [-0.05, 0) is 78.3 Å². The lowest BCUT2D eigenvalue weighted by atomic mass is 9.88. The summed E-state index contributed by atoms with van der Waals surface area (Å²) < 4.78 is 82.3. The Balaban J connectivity index is 1.65. The molecule has 31 heavy (non-hydrogen) atoms. The highest BCUT2D eigenvalue weighted by atomic mass is 19.4. The Morgan fingerprint density at radius 1 is 0.581 bits per heavy atom. The first-order chi connectivity index (χ1) is 14.6. The SMILES string of the molecule is FC(F)(F)c1cc(Cc2ccc(C3CCCC3)c(C(F)(F)F)c2)ccc1C1CCCC1. The number of alkyl halides is 6. The van der Waals surface area contributed by atoms with Gasteiger partial charge in [-0.2, -0.15) is 26.3 Å². The number of rotatable bonds is 4. The summed E-state index contributed by atoms with van der Waals surface area (Å²) in [5.41, 5.74) is 0.125. The molecule has 6 heteroatoms. The molecule has 0 heterocycles. The van der Waals surface area contributed by atoms with Crippen molar-refractivity contribution in [3.63, 3.8) is 0 Å². The Morgan fingerprint density at radius 2 is 0.935 bits per heavy atom. The van der Waals surface area contributed by atoms with Crippen LogP contribution in [0, 0.1) is 0 Å². The summed E-state index contributed by atoms with van der Waals surface area (Å²) in [7, 11) is 0. The molecule has 0 amide bonds. The summed E-state index contributed by atoms with van der Waals surface area (Å²) in [5.74, 6) is -0.179. The predicted molar refractivity (Wildman–Crippen MR) is 108 cm³/mol. The molecular formula is C25H26F6. The predicted octanol–water partition coefficient (Wildman–Crippen LogP) is 8.63. The van der Waals surface area contributed by atoms with Crippen molar-refractivity contribution in [1.82, 2.24) is 0 Å². The van der Waals surface area contributed by atoms with Crippen LogP contribution in [0.5, 0.6) is 0 Å². The topological polar surface area (TPSA) is 0 Å². The van der Waals surface area contributed by atoms with E-state index in [1.54, 1.807) is 12.1 Å². The van der Waals surface area contributed by atoms with Crippen molar-refractivity contribution in [2.75, 3.05) is 0 Å². The van der Waals surface area contributed by atoms with Crippen LogP contribution in [-0.2, 0) is 18.8 Å². The second-order valence-corrected chi connectivity index (χ2v) is 8.98. The Kier molecular flexibility index (Phi) is 6.10. The van der Waals surface area contributed by atoms with Gasteiger partial charge in [0, 0.05) is 0 Å². The molecule has 0 nitrogen and oxygen atoms in total. The van der Waals surface area contributed by atoms with Gasteiger partial charge in [0.2, 0.25) is 0 Å². The highest BCUT2D eigenvalue weighted by Gasteiger charge is 2.37. The standard InChI is InChI=1S/C25H26F6/c26-24(27,28)22-14-16(9-11-20(22)18-5-1-2-6-18)13-17-10-12-21(19-7-3-4-8-19)23(15-17)25(29,30)31/h9-12,14-15,18-19H,1-8,13H2. The van der Waals surface area contributed by atoms with Gasteiger partial charge >= 0.3 is 12.4 Å². The zero-order valence-electron chi connectivity index (χ0n) is 17.3. The van der Waals surface area contributed by atoms with E-state index in [1.807, 2.05) is 0 Å². The van der Waals surface area contributed by atoms with E-state index in [1.165, 1.54) is 12.1 Å². The van der Waals surface area contributed by atoms with E-state index < -0.39 is 23.5 Å². The Bertz CT molecular complexity index is 837. The summed E-state index contributed by atoms with van der Waals surface area (Å²) in [6.07, 6.45) is -2.19. The summed E-state index contributed by atoms with van der Waals surface area (Å²) in [5, 5.41) is 0. The average molecular weight is 440 g/mol. The van der Waals surface area contributed by atoms with Gasteiger partial charge in [0.15, 0.2) is 0 Å². The lowest BCUT2D eigenvalue weighted by Crippen LogP contribution is -2.13. The van der Waals surface area contributed by atoms with E-state index >= 15 is 0 Å². The Morgan fingerprint density at radius 3 is 1.26 bits per heavy atom. The number of halogens is 6. The van der Waals surface area contributed by atoms with Crippen molar-refractivity contribution in [3.05, 3.63) is 69.8 Å². The fraction of sp³-hybridized carbons (Fsp3) is 0.520. The first-order valence-electron chi connectivity index (χ1n) is 11.0. The maximum Gasteiger partial charge on any atom is 0.416 e. The third-order valence-electron chi connectivity index (χ3n) is 6.84. The quantitative estimate of drug-likeness (QED) is 0.418. The lowest BCUT2D eigenvalue weighted by molar-refractivity contribution is -0.139. The highest BCUT2D eigenvalue weighted by Crippen LogP contribution is 2.44. The smallest absolute Gasteiger partial charge is 0.166 e. The minimum atomic E-state index is -4.47. The molecule has 2 saturated carbocycles. The van der Waals surface area contributed by atoms with Gasteiger partial charge in [-0.15, -0.1) is 0 Å². The van der Waals surface area contributed by atoms with Gasteiger partial charge in [0.1, 0.15) is 0 Å². The minimum absolute atomic E-state index is 0.0437. The lowest BCUT2D eigenvalue weighted by Gasteiger charge is -2.20. The first-order valence-corrected chi connectivity index (χ1v) is 11.0. The fourth-order valence-corrected chi connectivity index (χ4v) is 5.34. The number of hydrogen-bond donors (Lipinski definition) is 0. The van der Waals surface area contributed by atoms with Gasteiger partial charge in [0.25, 0.3) is 0 Å². The van der Waals surface area contributed by atoms with Crippen LogP contribution < -0.4 is 0 Å². The molecule has 2 aromatic carbocycles. The van der Waals surface area contributed by atoms with Crippen molar-refractivity contribution < 1.29 is 26.3 Å². The molecule has 4 rings (SSSR count). The van der Waals surface area contributed by atoms with E-state index in [4.69, 9.17) is 0 Å². The molecule has 2 aliphatic rings. The van der Waals surface area contributed by atoms with E-state index in [0.717, 1.165) is 63.5 Å². The third-order valence-corrected chi connectivity index (χ3v) is 6.84. The van der Waals surface area contributed by atoms with Crippen LogP contribution in [0.25, 0.3) is 0 Å².